The van der Waals surface area contributed by atoms with Crippen LogP contribution in [0.4, 0.5) is 5.69 Å². The molecule has 0 amide bonds. The lowest BCUT2D eigenvalue weighted by Gasteiger charge is -2.08. The van der Waals surface area contributed by atoms with Crippen LogP contribution in [0.5, 0.6) is 0 Å². The molecule has 3 rings (SSSR count). The van der Waals surface area contributed by atoms with Gasteiger partial charge in [0, 0.05) is 22.6 Å². The highest BCUT2D eigenvalue weighted by atomic mass is 35.5. The molecule has 0 aromatic heterocycles. The van der Waals surface area contributed by atoms with E-state index >= 15 is 0 Å². The molecule has 2 aromatic rings. The summed E-state index contributed by atoms with van der Waals surface area (Å²) in [6.45, 7) is 0.200. The van der Waals surface area contributed by atoms with E-state index < -0.39 is 11.9 Å². The molecule has 1 aliphatic heterocycles. The minimum Gasteiger partial charge on any atom is -0.469 e. The second-order valence-electron chi connectivity index (χ2n) is 6.49. The largest absolute Gasteiger partial charge is 0.469 e. The topological polar surface area (TPSA) is 102 Å². The van der Waals surface area contributed by atoms with Crippen molar-refractivity contribution in [3.05, 3.63) is 64.7 Å². The minimum absolute atomic E-state index is 0.00374. The molecule has 0 atom stereocenters. The van der Waals surface area contributed by atoms with E-state index in [1.165, 1.54) is 14.2 Å². The number of hydrazone groups is 1. The van der Waals surface area contributed by atoms with E-state index in [1.807, 2.05) is 36.4 Å². The molecule has 2 aromatic carbocycles. The Balaban J connectivity index is 1.91. The van der Waals surface area contributed by atoms with Gasteiger partial charge in [0.1, 0.15) is 11.5 Å². The molecule has 8 nitrogen and oxygen atoms in total. The summed E-state index contributed by atoms with van der Waals surface area (Å²) >= 11 is 6.21. The Hall–Kier alpha value is -3.52. The van der Waals surface area contributed by atoms with Crippen LogP contribution in [0.2, 0.25) is 5.02 Å². The third-order valence-corrected chi connectivity index (χ3v) is 4.67. The maximum atomic E-state index is 12.0. The normalized spacial score (nSPS) is 13.3. The van der Waals surface area contributed by atoms with E-state index in [1.54, 1.807) is 12.1 Å². The fourth-order valence-electron chi connectivity index (χ4n) is 2.89. The van der Waals surface area contributed by atoms with Crippen molar-refractivity contribution in [1.82, 2.24) is 5.43 Å². The van der Waals surface area contributed by atoms with Gasteiger partial charge in [-0.1, -0.05) is 41.9 Å². The van der Waals surface area contributed by atoms with E-state index in [0.29, 0.717) is 16.5 Å². The van der Waals surface area contributed by atoms with Crippen LogP contribution in [0.3, 0.4) is 0 Å². The standard InChI is InChI=1S/C22H21ClN4O4/c1-30-20(28)11-10-18(22(29)31-2)26-27-19-13-24-21(14-6-4-3-5-7-14)16-12-15(23)8-9-17(16)25-19/h3-9,12H,10-11,13H2,1-2H3,(H,25,27)/b26-18-. The Bertz CT molecular complexity index is 1060. The number of methoxy groups -OCH3 is 2. The Labute approximate surface area is 184 Å². The number of carbonyl (C=O) groups is 2. The number of benzene rings is 2. The third kappa shape index (κ3) is 5.76. The van der Waals surface area contributed by atoms with Crippen LogP contribution in [0.1, 0.15) is 24.0 Å². The van der Waals surface area contributed by atoms with E-state index in [-0.39, 0.29) is 25.1 Å². The number of hydrogen-bond donors (Lipinski definition) is 1. The molecule has 0 fully saturated rings. The summed E-state index contributed by atoms with van der Waals surface area (Å²) in [7, 11) is 2.53. The van der Waals surface area contributed by atoms with Gasteiger partial charge in [-0.2, -0.15) is 5.10 Å². The van der Waals surface area contributed by atoms with Gasteiger partial charge in [0.25, 0.3) is 0 Å². The molecule has 0 spiro atoms. The van der Waals surface area contributed by atoms with E-state index in [2.05, 4.69) is 20.3 Å². The predicted octanol–water partition coefficient (Wildman–Crippen LogP) is 3.29. The average molecular weight is 441 g/mol. The fraction of sp³-hybridized carbons (Fsp3) is 0.227. The van der Waals surface area contributed by atoms with Crippen LogP contribution in [0.15, 0.2) is 63.6 Å². The highest BCUT2D eigenvalue weighted by Crippen LogP contribution is 2.28. The highest BCUT2D eigenvalue weighted by Gasteiger charge is 2.18. The number of amidine groups is 1. The monoisotopic (exact) mass is 440 g/mol. The molecular weight excluding hydrogens is 420 g/mol. The molecule has 160 valence electrons. The van der Waals surface area contributed by atoms with Gasteiger partial charge in [0.2, 0.25) is 0 Å². The number of nitrogens with zero attached hydrogens (tertiary/aromatic N) is 3. The highest BCUT2D eigenvalue weighted by molar-refractivity contribution is 6.36. The first-order chi connectivity index (χ1) is 15.0. The first-order valence-corrected chi connectivity index (χ1v) is 9.84. The molecule has 0 radical (unpaired) electrons. The number of esters is 2. The van der Waals surface area contributed by atoms with Crippen LogP contribution in [-0.2, 0) is 19.1 Å². The molecule has 1 heterocycles. The average Bonchev–Trinajstić information content (AvgIpc) is 2.98. The molecule has 0 saturated heterocycles. The molecule has 1 N–H and O–H groups in total. The lowest BCUT2D eigenvalue weighted by molar-refractivity contribution is -0.140. The summed E-state index contributed by atoms with van der Waals surface area (Å²) in [5.74, 6) is -0.674. The second kappa shape index (κ2) is 10.5. The molecule has 1 aliphatic rings. The SMILES string of the molecule is COC(=O)CC/C(=N/NC1=Nc2ccc(Cl)cc2C(c2ccccc2)=NC1)C(=O)OC. The Morgan fingerprint density at radius 3 is 2.58 bits per heavy atom. The van der Waals surface area contributed by atoms with Crippen LogP contribution in [0.25, 0.3) is 0 Å². The second-order valence-corrected chi connectivity index (χ2v) is 6.93. The van der Waals surface area contributed by atoms with Crippen LogP contribution < -0.4 is 5.43 Å². The molecule has 0 unspecified atom stereocenters. The van der Waals surface area contributed by atoms with Gasteiger partial charge < -0.3 is 9.47 Å². The zero-order chi connectivity index (χ0) is 22.2. The Kier molecular flexibility index (Phi) is 7.50. The van der Waals surface area contributed by atoms with Crippen LogP contribution in [0, 0.1) is 0 Å². The number of ether oxygens (including phenoxy) is 2. The lowest BCUT2D eigenvalue weighted by atomic mass is 10.0. The summed E-state index contributed by atoms with van der Waals surface area (Å²) in [5.41, 5.74) is 5.97. The van der Waals surface area contributed by atoms with Crippen molar-refractivity contribution < 1.29 is 19.1 Å². The van der Waals surface area contributed by atoms with Gasteiger partial charge >= 0.3 is 11.9 Å². The first kappa shape index (κ1) is 22.2. The summed E-state index contributed by atoms with van der Waals surface area (Å²) in [4.78, 5) is 32.7. The summed E-state index contributed by atoms with van der Waals surface area (Å²) in [6, 6.07) is 15.1. The van der Waals surface area contributed by atoms with Crippen molar-refractivity contribution in [3.8, 4) is 0 Å². The van der Waals surface area contributed by atoms with Crippen molar-refractivity contribution in [2.75, 3.05) is 20.8 Å². The first-order valence-electron chi connectivity index (χ1n) is 9.47. The maximum absolute atomic E-state index is 12.0. The number of nitrogens with one attached hydrogen (secondary N) is 1. The Morgan fingerprint density at radius 2 is 1.87 bits per heavy atom. The van der Waals surface area contributed by atoms with Crippen molar-refractivity contribution in [3.63, 3.8) is 0 Å². The molecule has 0 saturated carbocycles. The zero-order valence-corrected chi connectivity index (χ0v) is 17.8. The fourth-order valence-corrected chi connectivity index (χ4v) is 3.07. The zero-order valence-electron chi connectivity index (χ0n) is 17.1. The maximum Gasteiger partial charge on any atom is 0.354 e. The number of halogens is 1. The third-order valence-electron chi connectivity index (χ3n) is 4.44. The van der Waals surface area contributed by atoms with Crippen molar-refractivity contribution in [2.45, 2.75) is 12.8 Å². The van der Waals surface area contributed by atoms with Crippen molar-refractivity contribution in [2.24, 2.45) is 15.1 Å². The van der Waals surface area contributed by atoms with Crippen molar-refractivity contribution in [1.29, 1.82) is 0 Å². The van der Waals surface area contributed by atoms with Gasteiger partial charge in [-0.15, -0.1) is 0 Å². The summed E-state index contributed by atoms with van der Waals surface area (Å²) in [5, 5.41) is 4.68. The van der Waals surface area contributed by atoms with Gasteiger partial charge in [-0.3, -0.25) is 15.2 Å². The van der Waals surface area contributed by atoms with E-state index in [0.717, 1.165) is 16.8 Å². The quantitative estimate of drug-likeness (QED) is 0.422. The van der Waals surface area contributed by atoms with E-state index in [9.17, 15) is 9.59 Å². The van der Waals surface area contributed by atoms with Gasteiger partial charge in [-0.25, -0.2) is 9.79 Å². The van der Waals surface area contributed by atoms with Gasteiger partial charge in [-0.05, 0) is 18.2 Å². The number of carbonyl (C=O) groups excluding carboxylic acids is 2. The minimum atomic E-state index is -0.647. The lowest BCUT2D eigenvalue weighted by Crippen LogP contribution is -2.26. The van der Waals surface area contributed by atoms with Crippen LogP contribution in [-0.4, -0.2) is 50.0 Å². The predicted molar refractivity (Wildman–Crippen MR) is 119 cm³/mol. The number of rotatable bonds is 6. The summed E-state index contributed by atoms with van der Waals surface area (Å²) < 4.78 is 9.35. The van der Waals surface area contributed by atoms with E-state index in [4.69, 9.17) is 21.3 Å². The number of aliphatic imine (C=N–C) groups is 2. The molecule has 0 bridgehead atoms. The summed E-state index contributed by atoms with van der Waals surface area (Å²) in [6.07, 6.45) is 0.0561. The Morgan fingerprint density at radius 1 is 1.10 bits per heavy atom. The molecular formula is C22H21ClN4O4. The molecule has 9 heteroatoms. The van der Waals surface area contributed by atoms with Crippen LogP contribution >= 0.6 is 11.6 Å². The number of hydrogen-bond acceptors (Lipinski definition) is 8. The van der Waals surface area contributed by atoms with Gasteiger partial charge in [0.05, 0.1) is 38.6 Å². The number of fused-ring (bicyclic) bond motifs is 1. The van der Waals surface area contributed by atoms with Gasteiger partial charge in [0.15, 0.2) is 0 Å². The molecule has 0 aliphatic carbocycles. The smallest absolute Gasteiger partial charge is 0.354 e. The van der Waals surface area contributed by atoms with Crippen molar-refractivity contribution >= 4 is 46.5 Å². The molecule has 31 heavy (non-hydrogen) atoms.